The van der Waals surface area contributed by atoms with E-state index in [0.29, 0.717) is 30.5 Å². The Morgan fingerprint density at radius 1 is 1.10 bits per heavy atom. The van der Waals surface area contributed by atoms with E-state index in [2.05, 4.69) is 26.1 Å². The SMILES string of the molecule is C#Cc1c(F)ccc2cc(O)cc(-n3c(C(F)(F)F)cc4c(N5C[C@H]6CC[C@@H](C5)N6)nc(OC[C@]56CCCN5[C@@H](CF)CC6)nc4c3=O)c12. The fourth-order valence-electron chi connectivity index (χ4n) is 8.57. The Balaban J connectivity index is 1.35. The number of anilines is 1. The van der Waals surface area contributed by atoms with Crippen molar-refractivity contribution in [1.82, 2.24) is 24.8 Å². The van der Waals surface area contributed by atoms with E-state index >= 15 is 13.2 Å². The summed E-state index contributed by atoms with van der Waals surface area (Å²) in [6.07, 6.45) is 5.35. The third-order valence-electron chi connectivity index (χ3n) is 10.7. The van der Waals surface area contributed by atoms with Crippen LogP contribution in [0.5, 0.6) is 11.8 Å². The predicted octanol–water partition coefficient (Wildman–Crippen LogP) is 5.06. The Bertz CT molecular complexity index is 2090. The molecule has 8 rings (SSSR count). The third kappa shape index (κ3) is 5.17. The molecule has 4 aliphatic rings. The number of rotatable bonds is 6. The van der Waals surface area contributed by atoms with E-state index in [1.165, 1.54) is 12.1 Å². The molecule has 0 spiro atoms. The maximum absolute atomic E-state index is 15.0. The van der Waals surface area contributed by atoms with Crippen molar-refractivity contribution < 1.29 is 31.8 Å². The van der Waals surface area contributed by atoms with Crippen molar-refractivity contribution in [2.24, 2.45) is 0 Å². The van der Waals surface area contributed by atoms with Crippen LogP contribution < -0.4 is 20.5 Å². The summed E-state index contributed by atoms with van der Waals surface area (Å²) >= 11 is 0. The highest BCUT2D eigenvalue weighted by molar-refractivity contribution is 5.97. The number of fused-ring (bicyclic) bond motifs is 5. The van der Waals surface area contributed by atoms with Gasteiger partial charge in [0, 0.05) is 42.7 Å². The number of nitrogens with zero attached hydrogens (tertiary/aromatic N) is 5. The fraction of sp³-hybridized carbons (Fsp3) is 0.457. The molecule has 2 aromatic heterocycles. The van der Waals surface area contributed by atoms with Gasteiger partial charge in [-0.25, -0.2) is 8.78 Å². The highest BCUT2D eigenvalue weighted by Gasteiger charge is 2.50. The zero-order valence-corrected chi connectivity index (χ0v) is 26.4. The zero-order valence-electron chi connectivity index (χ0n) is 26.4. The Hall–Kier alpha value is -4.48. The van der Waals surface area contributed by atoms with E-state index in [9.17, 15) is 18.7 Å². The smallest absolute Gasteiger partial charge is 0.431 e. The minimum absolute atomic E-state index is 0.0911. The lowest BCUT2D eigenvalue weighted by Gasteiger charge is -2.35. The van der Waals surface area contributed by atoms with Gasteiger partial charge in [0.2, 0.25) is 0 Å². The fourth-order valence-corrected chi connectivity index (χ4v) is 8.57. The topological polar surface area (TPSA) is 95.8 Å². The molecule has 2 N–H and O–H groups in total. The number of aromatic nitrogens is 3. The highest BCUT2D eigenvalue weighted by Crippen LogP contribution is 2.43. The number of nitrogens with one attached hydrogen (secondary N) is 1. The first kappa shape index (κ1) is 31.8. The van der Waals surface area contributed by atoms with Gasteiger partial charge >= 0.3 is 12.2 Å². The number of hydrogen-bond acceptors (Lipinski definition) is 8. The van der Waals surface area contributed by atoms with Crippen LogP contribution in [0.2, 0.25) is 0 Å². The van der Waals surface area contributed by atoms with Crippen molar-refractivity contribution >= 4 is 27.5 Å². The second kappa shape index (κ2) is 11.6. The number of phenols is 1. The first-order chi connectivity index (χ1) is 23.5. The minimum Gasteiger partial charge on any atom is -0.508 e. The molecule has 2 bridgehead atoms. The number of hydrogen-bond donors (Lipinski definition) is 2. The Kier molecular flexibility index (Phi) is 7.49. The highest BCUT2D eigenvalue weighted by atomic mass is 19.4. The number of phenolic OH excluding ortho intramolecular Hbond substituents is 1. The molecule has 6 heterocycles. The first-order valence-corrected chi connectivity index (χ1v) is 16.4. The van der Waals surface area contributed by atoms with E-state index in [4.69, 9.17) is 11.2 Å². The molecule has 49 heavy (non-hydrogen) atoms. The van der Waals surface area contributed by atoms with Crippen molar-refractivity contribution in [2.45, 2.75) is 68.4 Å². The van der Waals surface area contributed by atoms with Crippen molar-refractivity contribution in [1.29, 1.82) is 0 Å². The van der Waals surface area contributed by atoms with Crippen molar-refractivity contribution in [3.05, 3.63) is 57.8 Å². The van der Waals surface area contributed by atoms with Gasteiger partial charge in [-0.15, -0.1) is 6.42 Å². The van der Waals surface area contributed by atoms with Gasteiger partial charge in [-0.05, 0) is 68.7 Å². The van der Waals surface area contributed by atoms with Crippen LogP contribution in [0.25, 0.3) is 27.4 Å². The minimum atomic E-state index is -5.08. The summed E-state index contributed by atoms with van der Waals surface area (Å²) in [6.45, 7) is 1.28. The van der Waals surface area contributed by atoms with E-state index in [0.717, 1.165) is 50.4 Å². The number of benzene rings is 2. The number of alkyl halides is 4. The summed E-state index contributed by atoms with van der Waals surface area (Å²) in [5.74, 6) is 0.996. The summed E-state index contributed by atoms with van der Waals surface area (Å²) in [5, 5.41) is 13.9. The summed E-state index contributed by atoms with van der Waals surface area (Å²) < 4.78 is 80.4. The lowest BCUT2D eigenvalue weighted by Crippen LogP contribution is -2.51. The van der Waals surface area contributed by atoms with Gasteiger partial charge < -0.3 is 20.1 Å². The summed E-state index contributed by atoms with van der Waals surface area (Å²) in [6, 6.07) is 5.10. The molecule has 0 radical (unpaired) electrons. The van der Waals surface area contributed by atoms with Crippen LogP contribution in [0.4, 0.5) is 27.8 Å². The predicted molar refractivity (Wildman–Crippen MR) is 173 cm³/mol. The first-order valence-electron chi connectivity index (χ1n) is 16.4. The van der Waals surface area contributed by atoms with Crippen molar-refractivity contribution in [2.75, 3.05) is 37.8 Å². The summed E-state index contributed by atoms with van der Waals surface area (Å²) in [5.41, 5.74) is -4.13. The molecule has 0 amide bonds. The molecule has 4 saturated heterocycles. The second-order valence-corrected chi connectivity index (χ2v) is 13.6. The molecule has 4 aromatic rings. The van der Waals surface area contributed by atoms with Gasteiger partial charge in [0.05, 0.1) is 22.2 Å². The lowest BCUT2D eigenvalue weighted by molar-refractivity contribution is -0.142. The molecule has 0 unspecified atom stereocenters. The van der Waals surface area contributed by atoms with Crippen LogP contribution >= 0.6 is 0 Å². The van der Waals surface area contributed by atoms with Crippen LogP contribution in [0.15, 0.2) is 35.1 Å². The van der Waals surface area contributed by atoms with E-state index in [1.54, 1.807) is 0 Å². The molecule has 14 heteroatoms. The second-order valence-electron chi connectivity index (χ2n) is 13.6. The monoisotopic (exact) mass is 680 g/mol. The molecule has 4 atom stereocenters. The molecular formula is C35H33F5N6O3. The Morgan fingerprint density at radius 3 is 2.59 bits per heavy atom. The van der Waals surface area contributed by atoms with Gasteiger partial charge in [0.25, 0.3) is 5.56 Å². The van der Waals surface area contributed by atoms with E-state index in [-0.39, 0.29) is 63.8 Å². The third-order valence-corrected chi connectivity index (χ3v) is 10.7. The molecule has 4 fully saturated rings. The summed E-state index contributed by atoms with van der Waals surface area (Å²) in [7, 11) is 0. The molecule has 0 saturated carbocycles. The van der Waals surface area contributed by atoms with Gasteiger partial charge in [0.1, 0.15) is 41.9 Å². The molecule has 256 valence electrons. The number of pyridine rings is 1. The van der Waals surface area contributed by atoms with Gasteiger partial charge in [-0.3, -0.25) is 14.3 Å². The van der Waals surface area contributed by atoms with Gasteiger partial charge in [-0.1, -0.05) is 12.0 Å². The molecule has 2 aromatic carbocycles. The maximum Gasteiger partial charge on any atom is 0.431 e. The molecule has 9 nitrogen and oxygen atoms in total. The normalized spacial score (nSPS) is 25.3. The number of terminal acetylenes is 1. The van der Waals surface area contributed by atoms with Crippen LogP contribution in [-0.4, -0.2) is 81.1 Å². The molecule has 0 aliphatic carbocycles. The van der Waals surface area contributed by atoms with Gasteiger partial charge in [0.15, 0.2) is 0 Å². The van der Waals surface area contributed by atoms with Crippen LogP contribution in [0.3, 0.4) is 0 Å². The van der Waals surface area contributed by atoms with E-state index < -0.39 is 46.9 Å². The largest absolute Gasteiger partial charge is 0.508 e. The number of ether oxygens (including phenoxy) is 1. The Morgan fingerprint density at radius 2 is 1.88 bits per heavy atom. The van der Waals surface area contributed by atoms with Crippen molar-refractivity contribution in [3.8, 4) is 29.8 Å². The van der Waals surface area contributed by atoms with Crippen LogP contribution in [-0.2, 0) is 6.18 Å². The van der Waals surface area contributed by atoms with Crippen LogP contribution in [0, 0.1) is 18.2 Å². The number of piperazine rings is 1. The average molecular weight is 681 g/mol. The maximum atomic E-state index is 15.0. The summed E-state index contributed by atoms with van der Waals surface area (Å²) in [4.78, 5) is 27.6. The van der Waals surface area contributed by atoms with E-state index in [1.807, 2.05) is 4.90 Å². The van der Waals surface area contributed by atoms with Gasteiger partial charge in [-0.2, -0.15) is 23.1 Å². The molecule has 4 aliphatic heterocycles. The standard InChI is InChI=1S/C35H33F5N6O3/c1-2-24-26(37)7-4-19-12-23(47)13-27(29(19)24)46-28(35(38,39)40)14-25-30(32(46)48)42-33(43-31(25)44-16-20-5-6-21(17-44)41-20)49-18-34-9-3-11-45(34)22(15-36)8-10-34/h1,4,7,12-14,20-22,41,47H,3,5-6,8-11,15-18H2/t20-,21+,22-,34-/m1/s1. The average Bonchev–Trinajstić information content (AvgIpc) is 3.75. The Labute approximate surface area is 277 Å². The van der Waals surface area contributed by atoms with Crippen molar-refractivity contribution in [3.63, 3.8) is 0 Å². The zero-order chi connectivity index (χ0) is 34.2. The molecular weight excluding hydrogens is 647 g/mol. The quantitative estimate of drug-likeness (QED) is 0.216. The lowest BCUT2D eigenvalue weighted by atomic mass is 9.95. The number of aromatic hydroxyl groups is 1. The van der Waals surface area contributed by atoms with Crippen LogP contribution in [0.1, 0.15) is 49.8 Å². The number of halogens is 5.